The van der Waals surface area contributed by atoms with Gasteiger partial charge in [-0.15, -0.1) is 0 Å². The SMILES string of the molecule is N#CC1=C(N)C(C#N)(C#N)C(c2ccccc2)C(C#N)(C#N)C1c1ccccc1. The standard InChI is InChI=1S/C23H14N6/c24-11-18-19(16-7-3-1-4-8-16)22(12-25,13-26)20(17-9-5-2-6-10-17)23(14-27,15-28)21(18)29/h1-10,19-20H,29H2. The van der Waals surface area contributed by atoms with Crippen molar-refractivity contribution in [3.8, 4) is 30.3 Å². The molecule has 0 spiro atoms. The van der Waals surface area contributed by atoms with Crippen LogP contribution in [0.1, 0.15) is 23.0 Å². The van der Waals surface area contributed by atoms with Crippen LogP contribution >= 0.6 is 0 Å². The maximum Gasteiger partial charge on any atom is 0.192 e. The molecule has 136 valence electrons. The summed E-state index contributed by atoms with van der Waals surface area (Å²) in [5.41, 5.74) is 3.01. The fraction of sp³-hybridized carbons (Fsp3) is 0.174. The molecule has 6 heteroatoms. The molecule has 1 aliphatic rings. The number of allylic oxidation sites excluding steroid dienone is 2. The molecule has 0 amide bonds. The van der Waals surface area contributed by atoms with Crippen molar-refractivity contribution in [1.82, 2.24) is 0 Å². The minimum atomic E-state index is -2.04. The number of nitrogens with zero attached hydrogens (tertiary/aromatic N) is 5. The van der Waals surface area contributed by atoms with E-state index in [9.17, 15) is 26.3 Å². The molecule has 29 heavy (non-hydrogen) atoms. The molecule has 0 heterocycles. The lowest BCUT2D eigenvalue weighted by molar-refractivity contribution is 0.256. The van der Waals surface area contributed by atoms with Gasteiger partial charge < -0.3 is 5.73 Å². The van der Waals surface area contributed by atoms with Gasteiger partial charge in [-0.1, -0.05) is 60.7 Å². The average molecular weight is 374 g/mol. The van der Waals surface area contributed by atoms with Gasteiger partial charge >= 0.3 is 0 Å². The minimum Gasteiger partial charge on any atom is -0.399 e. The maximum atomic E-state index is 10.3. The zero-order valence-electron chi connectivity index (χ0n) is 15.2. The van der Waals surface area contributed by atoms with Crippen LogP contribution in [0.4, 0.5) is 0 Å². The molecule has 1 aliphatic carbocycles. The molecule has 0 saturated heterocycles. The molecule has 0 bridgehead atoms. The zero-order valence-corrected chi connectivity index (χ0v) is 15.2. The Kier molecular flexibility index (Phi) is 4.77. The molecular formula is C23H14N6. The summed E-state index contributed by atoms with van der Waals surface area (Å²) >= 11 is 0. The van der Waals surface area contributed by atoms with Gasteiger partial charge in [-0.25, -0.2) is 0 Å². The van der Waals surface area contributed by atoms with Crippen LogP contribution in [0.15, 0.2) is 71.9 Å². The molecular weight excluding hydrogens is 360 g/mol. The van der Waals surface area contributed by atoms with Gasteiger partial charge in [0.15, 0.2) is 10.8 Å². The molecule has 3 rings (SSSR count). The topological polar surface area (TPSA) is 145 Å². The van der Waals surface area contributed by atoms with Crippen LogP contribution in [0.5, 0.6) is 0 Å². The van der Waals surface area contributed by atoms with E-state index in [4.69, 9.17) is 5.73 Å². The fourth-order valence-electron chi connectivity index (χ4n) is 4.18. The summed E-state index contributed by atoms with van der Waals surface area (Å²) in [6, 6.07) is 27.1. The first-order chi connectivity index (χ1) is 14.1. The second-order valence-corrected chi connectivity index (χ2v) is 6.75. The minimum absolute atomic E-state index is 0.102. The van der Waals surface area contributed by atoms with Gasteiger partial charge in [0, 0.05) is 0 Å². The van der Waals surface area contributed by atoms with Crippen molar-refractivity contribution in [2.75, 3.05) is 0 Å². The third-order valence-corrected chi connectivity index (χ3v) is 5.46. The molecule has 0 radical (unpaired) electrons. The van der Waals surface area contributed by atoms with Crippen LogP contribution in [0.3, 0.4) is 0 Å². The molecule has 6 nitrogen and oxygen atoms in total. The Labute approximate surface area is 168 Å². The Morgan fingerprint density at radius 2 is 1.17 bits per heavy atom. The summed E-state index contributed by atoms with van der Waals surface area (Å²) in [5.74, 6) is -2.19. The molecule has 2 atom stereocenters. The number of nitriles is 5. The zero-order chi connectivity index (χ0) is 21.1. The Hall–Kier alpha value is -4.57. The maximum absolute atomic E-state index is 10.3. The second kappa shape index (κ2) is 7.21. The van der Waals surface area contributed by atoms with Crippen LogP contribution in [-0.2, 0) is 0 Å². The quantitative estimate of drug-likeness (QED) is 0.853. The summed E-state index contributed by atoms with van der Waals surface area (Å²) < 4.78 is 0. The largest absolute Gasteiger partial charge is 0.399 e. The molecule has 0 aromatic heterocycles. The number of hydrogen-bond donors (Lipinski definition) is 1. The van der Waals surface area contributed by atoms with Crippen molar-refractivity contribution in [1.29, 1.82) is 26.3 Å². The van der Waals surface area contributed by atoms with E-state index in [1.807, 2.05) is 18.2 Å². The molecule has 2 N–H and O–H groups in total. The Balaban J connectivity index is 2.54. The lowest BCUT2D eigenvalue weighted by atomic mass is 9.49. The smallest absolute Gasteiger partial charge is 0.192 e. The first-order valence-corrected chi connectivity index (χ1v) is 8.71. The Morgan fingerprint density at radius 1 is 0.690 bits per heavy atom. The van der Waals surface area contributed by atoms with Crippen LogP contribution in [-0.4, -0.2) is 0 Å². The molecule has 2 unspecified atom stereocenters. The van der Waals surface area contributed by atoms with Gasteiger partial charge in [-0.2, -0.15) is 26.3 Å². The lowest BCUT2D eigenvalue weighted by Gasteiger charge is -2.46. The third-order valence-electron chi connectivity index (χ3n) is 5.46. The molecule has 2 aromatic rings. The molecule has 0 fully saturated rings. The van der Waals surface area contributed by atoms with Gasteiger partial charge in [0.1, 0.15) is 0 Å². The summed E-state index contributed by atoms with van der Waals surface area (Å²) in [6.07, 6.45) is 0. The second-order valence-electron chi connectivity index (χ2n) is 6.75. The van der Waals surface area contributed by atoms with Crippen molar-refractivity contribution in [2.24, 2.45) is 16.6 Å². The van der Waals surface area contributed by atoms with E-state index in [2.05, 4.69) is 12.1 Å². The van der Waals surface area contributed by atoms with Crippen LogP contribution in [0.2, 0.25) is 0 Å². The Morgan fingerprint density at radius 3 is 1.59 bits per heavy atom. The average Bonchev–Trinajstić information content (AvgIpc) is 2.79. The van der Waals surface area contributed by atoms with E-state index in [1.54, 1.807) is 60.7 Å². The van der Waals surface area contributed by atoms with Crippen molar-refractivity contribution >= 4 is 0 Å². The number of hydrogen-bond acceptors (Lipinski definition) is 6. The molecule has 0 aliphatic heterocycles. The fourth-order valence-corrected chi connectivity index (χ4v) is 4.18. The van der Waals surface area contributed by atoms with Crippen LogP contribution < -0.4 is 5.73 Å². The van der Waals surface area contributed by atoms with Crippen molar-refractivity contribution < 1.29 is 0 Å². The Bertz CT molecular complexity index is 1150. The number of benzene rings is 2. The first kappa shape index (κ1) is 19.2. The van der Waals surface area contributed by atoms with Gasteiger partial charge in [0.05, 0.1) is 53.5 Å². The van der Waals surface area contributed by atoms with E-state index >= 15 is 0 Å². The van der Waals surface area contributed by atoms with Crippen LogP contribution in [0.25, 0.3) is 0 Å². The van der Waals surface area contributed by atoms with E-state index in [0.717, 1.165) is 0 Å². The van der Waals surface area contributed by atoms with E-state index in [-0.39, 0.29) is 11.3 Å². The van der Waals surface area contributed by atoms with Crippen molar-refractivity contribution in [2.45, 2.75) is 11.8 Å². The predicted molar refractivity (Wildman–Crippen MR) is 103 cm³/mol. The van der Waals surface area contributed by atoms with Crippen LogP contribution in [0, 0.1) is 67.5 Å². The number of nitrogens with two attached hydrogens (primary N) is 1. The normalized spacial score (nSPS) is 21.5. The third kappa shape index (κ3) is 2.51. The molecule has 0 saturated carbocycles. The van der Waals surface area contributed by atoms with Crippen molar-refractivity contribution in [3.63, 3.8) is 0 Å². The van der Waals surface area contributed by atoms with E-state index in [0.29, 0.717) is 11.1 Å². The molecule has 2 aromatic carbocycles. The summed E-state index contributed by atoms with van der Waals surface area (Å²) in [4.78, 5) is 0. The first-order valence-electron chi connectivity index (χ1n) is 8.71. The predicted octanol–water partition coefficient (Wildman–Crippen LogP) is 3.37. The van der Waals surface area contributed by atoms with Gasteiger partial charge in [0.25, 0.3) is 0 Å². The lowest BCUT2D eigenvalue weighted by Crippen LogP contribution is -2.50. The monoisotopic (exact) mass is 374 g/mol. The highest BCUT2D eigenvalue weighted by atomic mass is 14.7. The van der Waals surface area contributed by atoms with E-state index in [1.165, 1.54) is 0 Å². The highest BCUT2D eigenvalue weighted by molar-refractivity contribution is 5.59. The van der Waals surface area contributed by atoms with Gasteiger partial charge in [-0.05, 0) is 11.1 Å². The number of rotatable bonds is 2. The summed E-state index contributed by atoms with van der Waals surface area (Å²) in [6.45, 7) is 0. The van der Waals surface area contributed by atoms with Crippen molar-refractivity contribution in [3.05, 3.63) is 83.1 Å². The highest BCUT2D eigenvalue weighted by Gasteiger charge is 2.64. The van der Waals surface area contributed by atoms with Gasteiger partial charge in [0.2, 0.25) is 0 Å². The van der Waals surface area contributed by atoms with Gasteiger partial charge in [-0.3, -0.25) is 0 Å². The summed E-state index contributed by atoms with van der Waals surface area (Å²) in [5, 5.41) is 50.4. The summed E-state index contributed by atoms with van der Waals surface area (Å²) in [7, 11) is 0. The van der Waals surface area contributed by atoms with E-state index < -0.39 is 22.7 Å². The highest BCUT2D eigenvalue weighted by Crippen LogP contribution is 2.62.